The van der Waals surface area contributed by atoms with Crippen molar-refractivity contribution in [3.63, 3.8) is 0 Å². The van der Waals surface area contributed by atoms with Crippen LogP contribution in [0.4, 0.5) is 28.4 Å². The Hall–Kier alpha value is -6.12. The minimum absolute atomic E-state index is 0.187. The van der Waals surface area contributed by atoms with E-state index in [2.05, 4.69) is 219 Å². The predicted molar refractivity (Wildman–Crippen MR) is 221 cm³/mol. The van der Waals surface area contributed by atoms with E-state index < -0.39 is 0 Å². The highest BCUT2D eigenvalue weighted by Crippen LogP contribution is 2.54. The second-order valence-corrected chi connectivity index (χ2v) is 14.6. The van der Waals surface area contributed by atoms with E-state index in [4.69, 9.17) is 0 Å². The molecule has 2 aliphatic carbocycles. The number of hydrogen-bond acceptors (Lipinski definition) is 2. The lowest BCUT2D eigenvalue weighted by Gasteiger charge is -2.36. The molecule has 252 valence electrons. The molecule has 2 aliphatic rings. The van der Waals surface area contributed by atoms with Gasteiger partial charge >= 0.3 is 0 Å². The number of hydrogen-bond donors (Lipinski definition) is 0. The molecule has 0 bridgehead atoms. The van der Waals surface area contributed by atoms with Crippen molar-refractivity contribution in [1.82, 2.24) is 0 Å². The molecular formula is C50H42N2. The van der Waals surface area contributed by atoms with Crippen LogP contribution in [0.25, 0.3) is 33.0 Å². The van der Waals surface area contributed by atoms with Gasteiger partial charge in [-0.2, -0.15) is 0 Å². The third-order valence-electron chi connectivity index (χ3n) is 11.1. The fourth-order valence-corrected chi connectivity index (χ4v) is 8.46. The van der Waals surface area contributed by atoms with Gasteiger partial charge in [-0.05, 0) is 117 Å². The standard InChI is InChI=1S/C50H42N2/c1-35-17-13-16-26-48(35)52(39-22-11-6-12-23-39)41-31-32-44-46(33-41)50(2,3)47-34-45(42-24-14-15-25-43(42)49(44)47)36-27-29-40(30-28-36)51(37-18-7-4-8-19-37)38-20-9-5-10-21-38/h4-35,48H,1-3H3. The number of para-hydroxylation sites is 3. The summed E-state index contributed by atoms with van der Waals surface area (Å²) in [6, 6.07) is 60.0. The summed E-state index contributed by atoms with van der Waals surface area (Å²) in [7, 11) is 0. The Balaban J connectivity index is 1.15. The molecule has 0 heterocycles. The van der Waals surface area contributed by atoms with Crippen LogP contribution in [-0.2, 0) is 5.41 Å². The van der Waals surface area contributed by atoms with Crippen LogP contribution in [-0.4, -0.2) is 6.04 Å². The van der Waals surface area contributed by atoms with Crippen LogP contribution < -0.4 is 9.80 Å². The molecule has 0 N–H and O–H groups in total. The minimum Gasteiger partial charge on any atom is -0.334 e. The van der Waals surface area contributed by atoms with Gasteiger partial charge < -0.3 is 9.80 Å². The molecule has 52 heavy (non-hydrogen) atoms. The summed E-state index contributed by atoms with van der Waals surface area (Å²) in [6.07, 6.45) is 9.02. The summed E-state index contributed by atoms with van der Waals surface area (Å²) in [5.41, 5.74) is 13.6. The summed E-state index contributed by atoms with van der Waals surface area (Å²) in [4.78, 5) is 4.84. The summed E-state index contributed by atoms with van der Waals surface area (Å²) in [6.45, 7) is 7.12. The molecule has 0 amide bonds. The Morgan fingerprint density at radius 1 is 0.462 bits per heavy atom. The number of nitrogens with zero attached hydrogens (tertiary/aromatic N) is 2. The van der Waals surface area contributed by atoms with Crippen molar-refractivity contribution in [2.45, 2.75) is 32.2 Å². The Labute approximate surface area is 307 Å². The van der Waals surface area contributed by atoms with Crippen molar-refractivity contribution in [3.05, 3.63) is 199 Å². The lowest BCUT2D eigenvalue weighted by Crippen LogP contribution is -2.35. The van der Waals surface area contributed by atoms with Crippen LogP contribution in [0.3, 0.4) is 0 Å². The third-order valence-corrected chi connectivity index (χ3v) is 11.1. The van der Waals surface area contributed by atoms with Gasteiger partial charge in [-0.1, -0.05) is 142 Å². The summed E-state index contributed by atoms with van der Waals surface area (Å²) < 4.78 is 0. The lowest BCUT2D eigenvalue weighted by atomic mass is 9.80. The van der Waals surface area contributed by atoms with Gasteiger partial charge in [0.15, 0.2) is 0 Å². The summed E-state index contributed by atoms with van der Waals surface area (Å²) >= 11 is 0. The first-order valence-corrected chi connectivity index (χ1v) is 18.4. The third kappa shape index (κ3) is 5.34. The van der Waals surface area contributed by atoms with Crippen LogP contribution in [0.5, 0.6) is 0 Å². The maximum atomic E-state index is 2.52. The van der Waals surface area contributed by atoms with Crippen molar-refractivity contribution in [2.75, 3.05) is 9.80 Å². The van der Waals surface area contributed by atoms with E-state index in [1.807, 2.05) is 0 Å². The highest BCUT2D eigenvalue weighted by atomic mass is 15.2. The van der Waals surface area contributed by atoms with Crippen LogP contribution in [0.2, 0.25) is 0 Å². The normalized spacial score (nSPS) is 16.8. The predicted octanol–water partition coefficient (Wildman–Crippen LogP) is 13.6. The van der Waals surface area contributed by atoms with Gasteiger partial charge in [-0.15, -0.1) is 0 Å². The molecule has 0 saturated heterocycles. The minimum atomic E-state index is -0.187. The molecule has 2 heteroatoms. The molecule has 0 radical (unpaired) electrons. The second-order valence-electron chi connectivity index (χ2n) is 14.6. The molecule has 2 atom stereocenters. The van der Waals surface area contributed by atoms with Crippen molar-refractivity contribution in [3.8, 4) is 22.3 Å². The van der Waals surface area contributed by atoms with Crippen LogP contribution >= 0.6 is 0 Å². The Bertz CT molecular complexity index is 2400. The van der Waals surface area contributed by atoms with E-state index in [0.717, 1.165) is 17.1 Å². The number of rotatable bonds is 7. The lowest BCUT2D eigenvalue weighted by molar-refractivity contribution is 0.608. The van der Waals surface area contributed by atoms with E-state index >= 15 is 0 Å². The van der Waals surface area contributed by atoms with Gasteiger partial charge in [-0.3, -0.25) is 0 Å². The highest BCUT2D eigenvalue weighted by Gasteiger charge is 2.38. The molecule has 2 unspecified atom stereocenters. The van der Waals surface area contributed by atoms with Crippen LogP contribution in [0.1, 0.15) is 31.9 Å². The van der Waals surface area contributed by atoms with Crippen molar-refractivity contribution >= 4 is 39.2 Å². The Kier molecular flexibility index (Phi) is 7.89. The maximum absolute atomic E-state index is 2.52. The zero-order valence-electron chi connectivity index (χ0n) is 29.9. The smallest absolute Gasteiger partial charge is 0.0585 e. The average Bonchev–Trinajstić information content (AvgIpc) is 3.42. The van der Waals surface area contributed by atoms with Gasteiger partial charge in [0.1, 0.15) is 0 Å². The van der Waals surface area contributed by atoms with Crippen molar-refractivity contribution < 1.29 is 0 Å². The van der Waals surface area contributed by atoms with Gasteiger partial charge in [0.25, 0.3) is 0 Å². The molecule has 0 aliphatic heterocycles. The number of anilines is 5. The number of benzene rings is 7. The first-order valence-electron chi connectivity index (χ1n) is 18.4. The molecule has 7 aromatic carbocycles. The van der Waals surface area contributed by atoms with Crippen molar-refractivity contribution in [1.29, 1.82) is 0 Å². The summed E-state index contributed by atoms with van der Waals surface area (Å²) in [5, 5.41) is 2.59. The van der Waals surface area contributed by atoms with E-state index in [9.17, 15) is 0 Å². The zero-order chi connectivity index (χ0) is 35.2. The largest absolute Gasteiger partial charge is 0.334 e. The van der Waals surface area contributed by atoms with Crippen LogP contribution in [0.15, 0.2) is 188 Å². The molecule has 7 aromatic rings. The van der Waals surface area contributed by atoms with E-state index in [1.165, 1.54) is 55.5 Å². The molecule has 0 aromatic heterocycles. The maximum Gasteiger partial charge on any atom is 0.0585 e. The molecular weight excluding hydrogens is 629 g/mol. The van der Waals surface area contributed by atoms with E-state index in [1.54, 1.807) is 0 Å². The van der Waals surface area contributed by atoms with E-state index in [0.29, 0.717) is 5.92 Å². The van der Waals surface area contributed by atoms with E-state index in [-0.39, 0.29) is 11.5 Å². The van der Waals surface area contributed by atoms with Gasteiger partial charge in [-0.25, -0.2) is 0 Å². The van der Waals surface area contributed by atoms with Crippen LogP contribution in [0, 0.1) is 5.92 Å². The quantitative estimate of drug-likeness (QED) is 0.167. The Morgan fingerprint density at radius 3 is 1.63 bits per heavy atom. The molecule has 9 rings (SSSR count). The van der Waals surface area contributed by atoms with Gasteiger partial charge in [0.05, 0.1) is 6.04 Å². The molecule has 2 nitrogen and oxygen atoms in total. The highest BCUT2D eigenvalue weighted by molar-refractivity contribution is 6.09. The topological polar surface area (TPSA) is 6.48 Å². The summed E-state index contributed by atoms with van der Waals surface area (Å²) in [5.74, 6) is 0.383. The number of fused-ring (bicyclic) bond motifs is 5. The Morgan fingerprint density at radius 2 is 1.00 bits per heavy atom. The zero-order valence-corrected chi connectivity index (χ0v) is 29.9. The molecule has 0 fully saturated rings. The van der Waals surface area contributed by atoms with Gasteiger partial charge in [0.2, 0.25) is 0 Å². The fourth-order valence-electron chi connectivity index (χ4n) is 8.46. The first kappa shape index (κ1) is 31.8. The SMILES string of the molecule is CC1C=CC=CC1N(c1ccccc1)c1ccc2c(c1)C(C)(C)c1cc(-c3ccc(N(c4ccccc4)c4ccccc4)cc3)c3ccccc3c1-2. The van der Waals surface area contributed by atoms with Gasteiger partial charge in [0, 0.05) is 33.9 Å². The van der Waals surface area contributed by atoms with Crippen molar-refractivity contribution in [2.24, 2.45) is 5.92 Å². The molecule has 0 saturated carbocycles. The number of allylic oxidation sites excluding steroid dienone is 2. The monoisotopic (exact) mass is 670 g/mol. The first-order chi connectivity index (χ1) is 25.5. The fraction of sp³-hybridized carbons (Fsp3) is 0.120. The molecule has 0 spiro atoms. The average molecular weight is 671 g/mol. The second kappa shape index (κ2) is 12.9.